The molecule has 0 unspecified atom stereocenters. The van der Waals surface area contributed by atoms with Gasteiger partial charge in [-0.2, -0.15) is 0 Å². The van der Waals surface area contributed by atoms with Crippen LogP contribution in [0, 0.1) is 0 Å². The van der Waals surface area contributed by atoms with Crippen LogP contribution in [0.25, 0.3) is 11.0 Å². The molecular formula is C21H26N2O2. The van der Waals surface area contributed by atoms with Crippen molar-refractivity contribution in [2.75, 3.05) is 6.61 Å². The fourth-order valence-electron chi connectivity index (χ4n) is 3.00. The van der Waals surface area contributed by atoms with Crippen LogP contribution in [0.5, 0.6) is 5.75 Å². The lowest BCUT2D eigenvalue weighted by molar-refractivity contribution is 0.0927. The largest absolute Gasteiger partial charge is 0.491 e. The van der Waals surface area contributed by atoms with E-state index in [0.717, 1.165) is 29.0 Å². The summed E-state index contributed by atoms with van der Waals surface area (Å²) in [7, 11) is 0. The molecule has 0 aliphatic rings. The Morgan fingerprint density at radius 2 is 1.80 bits per heavy atom. The number of rotatable bonds is 7. The maximum absolute atomic E-state index is 10.4. The topological polar surface area (TPSA) is 47.3 Å². The van der Waals surface area contributed by atoms with Crippen molar-refractivity contribution in [1.82, 2.24) is 9.55 Å². The lowest BCUT2D eigenvalue weighted by Crippen LogP contribution is -2.24. The number of nitrogens with zero attached hydrogens (tertiary/aromatic N) is 2. The predicted molar refractivity (Wildman–Crippen MR) is 101 cm³/mol. The Kier molecular flexibility index (Phi) is 5.39. The molecule has 4 heteroatoms. The first-order chi connectivity index (χ1) is 12.1. The Hall–Kier alpha value is -2.33. The molecule has 2 aromatic carbocycles. The lowest BCUT2D eigenvalue weighted by atomic mass is 10.0. The highest BCUT2D eigenvalue weighted by atomic mass is 16.5. The fourth-order valence-corrected chi connectivity index (χ4v) is 3.00. The Labute approximate surface area is 149 Å². The number of ether oxygens (including phenoxy) is 1. The van der Waals surface area contributed by atoms with E-state index in [2.05, 4.69) is 42.5 Å². The smallest absolute Gasteiger partial charge is 0.119 e. The van der Waals surface area contributed by atoms with E-state index >= 15 is 0 Å². The van der Waals surface area contributed by atoms with E-state index in [1.54, 1.807) is 0 Å². The highest BCUT2D eigenvalue weighted by molar-refractivity contribution is 5.75. The van der Waals surface area contributed by atoms with Crippen LogP contribution in [-0.2, 0) is 13.0 Å². The minimum Gasteiger partial charge on any atom is -0.491 e. The molecule has 0 saturated heterocycles. The summed E-state index contributed by atoms with van der Waals surface area (Å²) in [5, 5.41) is 10.4. The second-order valence-electron chi connectivity index (χ2n) is 6.67. The van der Waals surface area contributed by atoms with Crippen LogP contribution in [-0.4, -0.2) is 27.4 Å². The van der Waals surface area contributed by atoms with Crippen LogP contribution in [0.1, 0.15) is 38.1 Å². The number of aliphatic hydroxyl groups is 1. The summed E-state index contributed by atoms with van der Waals surface area (Å²) in [5.74, 6) is 2.28. The first-order valence-corrected chi connectivity index (χ1v) is 8.93. The van der Waals surface area contributed by atoms with Gasteiger partial charge >= 0.3 is 0 Å². The SMILES string of the molecule is CCc1nc2ccccc2n1C[C@H](O)COc1ccc(C(C)C)cc1. The fraction of sp³-hybridized carbons (Fsp3) is 0.381. The highest BCUT2D eigenvalue weighted by Gasteiger charge is 2.13. The van der Waals surface area contributed by atoms with Gasteiger partial charge < -0.3 is 14.4 Å². The zero-order chi connectivity index (χ0) is 17.8. The van der Waals surface area contributed by atoms with Crippen molar-refractivity contribution in [2.24, 2.45) is 0 Å². The number of benzene rings is 2. The van der Waals surface area contributed by atoms with Crippen molar-refractivity contribution in [3.63, 3.8) is 0 Å². The Morgan fingerprint density at radius 3 is 2.48 bits per heavy atom. The van der Waals surface area contributed by atoms with E-state index in [-0.39, 0.29) is 6.61 Å². The van der Waals surface area contributed by atoms with E-state index in [1.165, 1.54) is 5.56 Å². The van der Waals surface area contributed by atoms with Crippen molar-refractivity contribution in [3.8, 4) is 5.75 Å². The maximum atomic E-state index is 10.4. The van der Waals surface area contributed by atoms with E-state index in [4.69, 9.17) is 4.74 Å². The van der Waals surface area contributed by atoms with Gasteiger partial charge in [0.2, 0.25) is 0 Å². The summed E-state index contributed by atoms with van der Waals surface area (Å²) in [6.45, 7) is 7.15. The van der Waals surface area contributed by atoms with E-state index in [0.29, 0.717) is 12.5 Å². The number of hydrogen-bond donors (Lipinski definition) is 1. The van der Waals surface area contributed by atoms with Crippen LogP contribution < -0.4 is 4.74 Å². The minimum absolute atomic E-state index is 0.261. The molecule has 0 saturated carbocycles. The molecule has 3 aromatic rings. The van der Waals surface area contributed by atoms with Crippen molar-refractivity contribution < 1.29 is 9.84 Å². The zero-order valence-electron chi connectivity index (χ0n) is 15.1. The van der Waals surface area contributed by atoms with Crippen LogP contribution in [0.3, 0.4) is 0 Å². The number of aliphatic hydroxyl groups excluding tert-OH is 1. The molecule has 0 amide bonds. The van der Waals surface area contributed by atoms with Crippen molar-refractivity contribution in [2.45, 2.75) is 45.8 Å². The molecule has 25 heavy (non-hydrogen) atoms. The summed E-state index contributed by atoms with van der Waals surface area (Å²) in [6, 6.07) is 16.1. The molecule has 0 radical (unpaired) electrons. The molecule has 0 spiro atoms. The Morgan fingerprint density at radius 1 is 1.08 bits per heavy atom. The first kappa shape index (κ1) is 17.5. The molecule has 1 aromatic heterocycles. The molecule has 0 fully saturated rings. The molecule has 0 aliphatic heterocycles. The number of aromatic nitrogens is 2. The molecule has 4 nitrogen and oxygen atoms in total. The van der Waals surface area contributed by atoms with Gasteiger partial charge in [0.1, 0.15) is 24.3 Å². The molecule has 1 heterocycles. The van der Waals surface area contributed by atoms with Gasteiger partial charge in [0.25, 0.3) is 0 Å². The van der Waals surface area contributed by atoms with Crippen LogP contribution in [0.2, 0.25) is 0 Å². The number of aryl methyl sites for hydroxylation is 1. The number of hydrogen-bond acceptors (Lipinski definition) is 3. The van der Waals surface area contributed by atoms with Gasteiger partial charge in [0, 0.05) is 6.42 Å². The summed E-state index contributed by atoms with van der Waals surface area (Å²) >= 11 is 0. The van der Waals surface area contributed by atoms with Gasteiger partial charge in [-0.1, -0.05) is 45.0 Å². The zero-order valence-corrected chi connectivity index (χ0v) is 15.1. The quantitative estimate of drug-likeness (QED) is 0.703. The van der Waals surface area contributed by atoms with E-state index in [9.17, 15) is 5.11 Å². The van der Waals surface area contributed by atoms with Crippen LogP contribution in [0.4, 0.5) is 0 Å². The molecule has 0 aliphatic carbocycles. The minimum atomic E-state index is -0.590. The normalized spacial score (nSPS) is 12.7. The van der Waals surface area contributed by atoms with Crippen LogP contribution >= 0.6 is 0 Å². The first-order valence-electron chi connectivity index (χ1n) is 8.93. The third-order valence-electron chi connectivity index (χ3n) is 4.43. The van der Waals surface area contributed by atoms with Gasteiger partial charge in [0.15, 0.2) is 0 Å². The van der Waals surface area contributed by atoms with Crippen molar-refractivity contribution in [1.29, 1.82) is 0 Å². The average Bonchev–Trinajstić information content (AvgIpc) is 2.98. The second kappa shape index (κ2) is 7.70. The molecule has 132 valence electrons. The van der Waals surface area contributed by atoms with Gasteiger partial charge in [-0.25, -0.2) is 4.98 Å². The number of imidazole rings is 1. The summed E-state index contributed by atoms with van der Waals surface area (Å²) in [4.78, 5) is 4.64. The lowest BCUT2D eigenvalue weighted by Gasteiger charge is -2.16. The third kappa shape index (κ3) is 4.02. The maximum Gasteiger partial charge on any atom is 0.119 e. The Balaban J connectivity index is 1.65. The van der Waals surface area contributed by atoms with Crippen molar-refractivity contribution in [3.05, 3.63) is 59.9 Å². The third-order valence-corrected chi connectivity index (χ3v) is 4.43. The van der Waals surface area contributed by atoms with E-state index in [1.807, 2.05) is 36.4 Å². The van der Waals surface area contributed by atoms with Gasteiger partial charge in [-0.05, 0) is 35.7 Å². The number of fused-ring (bicyclic) bond motifs is 1. The monoisotopic (exact) mass is 338 g/mol. The molecule has 1 N–H and O–H groups in total. The molecule has 3 rings (SSSR count). The van der Waals surface area contributed by atoms with Gasteiger partial charge in [0.05, 0.1) is 17.6 Å². The summed E-state index contributed by atoms with van der Waals surface area (Å²) in [5.41, 5.74) is 3.31. The molecule has 0 bridgehead atoms. The van der Waals surface area contributed by atoms with Gasteiger partial charge in [-0.3, -0.25) is 0 Å². The highest BCUT2D eigenvalue weighted by Crippen LogP contribution is 2.20. The Bertz CT molecular complexity index is 822. The van der Waals surface area contributed by atoms with E-state index < -0.39 is 6.10 Å². The van der Waals surface area contributed by atoms with Gasteiger partial charge in [-0.15, -0.1) is 0 Å². The summed E-state index contributed by atoms with van der Waals surface area (Å²) < 4.78 is 7.84. The predicted octanol–water partition coefficient (Wildman–Crippen LogP) is 4.16. The van der Waals surface area contributed by atoms with Crippen LogP contribution in [0.15, 0.2) is 48.5 Å². The molecular weight excluding hydrogens is 312 g/mol. The van der Waals surface area contributed by atoms with Crippen molar-refractivity contribution >= 4 is 11.0 Å². The standard InChI is InChI=1S/C21H26N2O2/c1-4-21-22-19-7-5-6-8-20(19)23(21)13-17(24)14-25-18-11-9-16(10-12-18)15(2)3/h5-12,15,17,24H,4,13-14H2,1-3H3/t17-/m0/s1. The number of para-hydroxylation sites is 2. The second-order valence-corrected chi connectivity index (χ2v) is 6.67. The average molecular weight is 338 g/mol. The summed E-state index contributed by atoms with van der Waals surface area (Å²) in [6.07, 6.45) is 0.242. The molecule has 1 atom stereocenters.